The second-order valence-corrected chi connectivity index (χ2v) is 8.08. The summed E-state index contributed by atoms with van der Waals surface area (Å²) in [7, 11) is 0. The highest BCUT2D eigenvalue weighted by Crippen LogP contribution is 2.33. The number of hydrogen-bond donors (Lipinski definition) is 2. The predicted molar refractivity (Wildman–Crippen MR) is 116 cm³/mol. The summed E-state index contributed by atoms with van der Waals surface area (Å²) < 4.78 is 5.35. The summed E-state index contributed by atoms with van der Waals surface area (Å²) in [5.41, 5.74) is 5.18. The lowest BCUT2D eigenvalue weighted by molar-refractivity contribution is -0.139. The topological polar surface area (TPSA) is 67.4 Å². The van der Waals surface area contributed by atoms with Crippen molar-refractivity contribution in [3.05, 3.63) is 76.0 Å². The number of ether oxygens (including phenoxy) is 1. The molecule has 0 saturated carbocycles. The van der Waals surface area contributed by atoms with Crippen molar-refractivity contribution in [2.45, 2.75) is 38.6 Å². The fourth-order valence-electron chi connectivity index (χ4n) is 3.35. The Morgan fingerprint density at radius 1 is 1.10 bits per heavy atom. The zero-order valence-corrected chi connectivity index (χ0v) is 18.0. The maximum absolute atomic E-state index is 12.9. The molecule has 0 aromatic heterocycles. The molecular weight excluding hydrogens is 384 g/mol. The van der Waals surface area contributed by atoms with E-state index in [4.69, 9.17) is 4.74 Å². The molecule has 1 aliphatic heterocycles. The van der Waals surface area contributed by atoms with Gasteiger partial charge in [-0.1, -0.05) is 42.0 Å². The zero-order chi connectivity index (χ0) is 21.0. The Bertz CT molecular complexity index is 968. The molecule has 152 valence electrons. The van der Waals surface area contributed by atoms with Crippen LogP contribution in [0.4, 0.5) is 4.79 Å². The van der Waals surface area contributed by atoms with E-state index in [1.54, 1.807) is 18.7 Å². The molecule has 2 amide bonds. The standard InChI is InChI=1S/C23H26N2O3S/c1-5-28-22(26)20-18(13-29-19-9-7-6-8-16(19)4)24-23(27)25-21(20)17-12-14(2)10-11-15(17)3/h6-12,21H,5,13H2,1-4H3,(H2,24,25,27)/t21-/m1/s1. The fraction of sp³-hybridized carbons (Fsp3) is 0.304. The number of hydrogen-bond acceptors (Lipinski definition) is 4. The van der Waals surface area contributed by atoms with Crippen LogP contribution in [0.15, 0.2) is 58.6 Å². The minimum atomic E-state index is -0.546. The molecule has 0 aliphatic carbocycles. The third kappa shape index (κ3) is 4.82. The zero-order valence-electron chi connectivity index (χ0n) is 17.2. The SMILES string of the molecule is CCOC(=O)C1=C(CSc2ccccc2C)NC(=O)N[C@@H]1c1cc(C)ccc1C. The van der Waals surface area contributed by atoms with Gasteiger partial charge in [0.1, 0.15) is 0 Å². The third-order valence-corrected chi connectivity index (χ3v) is 6.06. The average molecular weight is 411 g/mol. The van der Waals surface area contributed by atoms with Crippen LogP contribution in [0, 0.1) is 20.8 Å². The molecule has 2 aromatic rings. The molecule has 29 heavy (non-hydrogen) atoms. The molecule has 0 unspecified atom stereocenters. The van der Waals surface area contributed by atoms with Gasteiger partial charge >= 0.3 is 12.0 Å². The van der Waals surface area contributed by atoms with Crippen LogP contribution in [-0.2, 0) is 9.53 Å². The molecule has 0 bridgehead atoms. The van der Waals surface area contributed by atoms with Gasteiger partial charge in [-0.3, -0.25) is 0 Å². The Labute approximate surface area is 175 Å². The monoisotopic (exact) mass is 410 g/mol. The maximum Gasteiger partial charge on any atom is 0.338 e. The number of benzene rings is 2. The molecule has 5 nitrogen and oxygen atoms in total. The highest BCUT2D eigenvalue weighted by Gasteiger charge is 2.34. The van der Waals surface area contributed by atoms with Crippen molar-refractivity contribution in [1.82, 2.24) is 10.6 Å². The molecule has 3 rings (SSSR count). The van der Waals surface area contributed by atoms with E-state index in [0.29, 0.717) is 17.0 Å². The van der Waals surface area contributed by atoms with Crippen LogP contribution in [0.25, 0.3) is 0 Å². The van der Waals surface area contributed by atoms with Gasteiger partial charge in [0.25, 0.3) is 0 Å². The van der Waals surface area contributed by atoms with E-state index in [1.165, 1.54) is 0 Å². The Hall–Kier alpha value is -2.73. The van der Waals surface area contributed by atoms with Crippen molar-refractivity contribution in [3.8, 4) is 0 Å². The Morgan fingerprint density at radius 2 is 1.86 bits per heavy atom. The quantitative estimate of drug-likeness (QED) is 0.541. The van der Waals surface area contributed by atoms with Crippen molar-refractivity contribution < 1.29 is 14.3 Å². The first-order chi connectivity index (χ1) is 13.9. The lowest BCUT2D eigenvalue weighted by atomic mass is 9.91. The van der Waals surface area contributed by atoms with Crippen molar-refractivity contribution in [3.63, 3.8) is 0 Å². The smallest absolute Gasteiger partial charge is 0.338 e. The van der Waals surface area contributed by atoms with Crippen molar-refractivity contribution in [2.24, 2.45) is 0 Å². The molecule has 6 heteroatoms. The van der Waals surface area contributed by atoms with Crippen LogP contribution in [0.3, 0.4) is 0 Å². The van der Waals surface area contributed by atoms with Gasteiger partial charge in [-0.15, -0.1) is 11.8 Å². The molecule has 2 aromatic carbocycles. The number of thioether (sulfide) groups is 1. The van der Waals surface area contributed by atoms with Crippen LogP contribution in [0.1, 0.15) is 35.2 Å². The molecule has 2 N–H and O–H groups in total. The molecule has 1 atom stereocenters. The van der Waals surface area contributed by atoms with Gasteiger partial charge in [0, 0.05) is 16.3 Å². The van der Waals surface area contributed by atoms with E-state index in [2.05, 4.69) is 10.6 Å². The highest BCUT2D eigenvalue weighted by molar-refractivity contribution is 7.99. The highest BCUT2D eigenvalue weighted by atomic mass is 32.2. The number of rotatable bonds is 6. The Morgan fingerprint density at radius 3 is 2.59 bits per heavy atom. The fourth-order valence-corrected chi connectivity index (χ4v) is 4.35. The molecule has 1 aliphatic rings. The number of urea groups is 1. The van der Waals surface area contributed by atoms with Gasteiger partial charge in [-0.05, 0) is 50.5 Å². The van der Waals surface area contributed by atoms with Crippen molar-refractivity contribution in [2.75, 3.05) is 12.4 Å². The molecule has 0 saturated heterocycles. The second kappa shape index (κ2) is 9.18. The van der Waals surface area contributed by atoms with Gasteiger partial charge in [0.05, 0.1) is 18.2 Å². The molecular formula is C23H26N2O3S. The number of nitrogens with one attached hydrogen (secondary N) is 2. The molecule has 0 radical (unpaired) electrons. The minimum absolute atomic E-state index is 0.272. The van der Waals surface area contributed by atoms with Gasteiger partial charge in [-0.25, -0.2) is 9.59 Å². The lowest BCUT2D eigenvalue weighted by Gasteiger charge is -2.30. The summed E-state index contributed by atoms with van der Waals surface area (Å²) in [5, 5.41) is 5.75. The van der Waals surface area contributed by atoms with Crippen LogP contribution in [0.5, 0.6) is 0 Å². The van der Waals surface area contributed by atoms with Crippen LogP contribution in [-0.4, -0.2) is 24.4 Å². The first kappa shape index (κ1) is 21.0. The largest absolute Gasteiger partial charge is 0.463 e. The number of amides is 2. The van der Waals surface area contributed by atoms with E-state index < -0.39 is 12.0 Å². The first-order valence-electron chi connectivity index (χ1n) is 9.64. The summed E-state index contributed by atoms with van der Waals surface area (Å²) in [5.74, 6) is 0.0552. The van der Waals surface area contributed by atoms with E-state index in [-0.39, 0.29) is 12.6 Å². The summed E-state index contributed by atoms with van der Waals surface area (Å²) in [4.78, 5) is 26.4. The van der Waals surface area contributed by atoms with E-state index in [1.807, 2.05) is 63.2 Å². The number of carbonyl (C=O) groups is 2. The summed E-state index contributed by atoms with van der Waals surface area (Å²) in [6.07, 6.45) is 0. The van der Waals surface area contributed by atoms with Crippen molar-refractivity contribution >= 4 is 23.8 Å². The third-order valence-electron chi connectivity index (χ3n) is 4.86. The Kier molecular flexibility index (Phi) is 6.64. The molecule has 0 spiro atoms. The average Bonchev–Trinajstić information content (AvgIpc) is 2.69. The summed E-state index contributed by atoms with van der Waals surface area (Å²) >= 11 is 1.59. The number of carbonyl (C=O) groups excluding carboxylic acids is 2. The maximum atomic E-state index is 12.9. The van der Waals surface area contributed by atoms with Gasteiger partial charge in [0.2, 0.25) is 0 Å². The molecule has 0 fully saturated rings. The van der Waals surface area contributed by atoms with Crippen LogP contribution >= 0.6 is 11.8 Å². The number of aryl methyl sites for hydroxylation is 3. The summed E-state index contributed by atoms with van der Waals surface area (Å²) in [6.45, 7) is 8.07. The van der Waals surface area contributed by atoms with Gasteiger partial charge in [0.15, 0.2) is 0 Å². The first-order valence-corrected chi connectivity index (χ1v) is 10.6. The van der Waals surface area contributed by atoms with E-state index in [0.717, 1.165) is 27.1 Å². The lowest BCUT2D eigenvalue weighted by Crippen LogP contribution is -2.46. The normalized spacial score (nSPS) is 16.3. The molecule has 1 heterocycles. The summed E-state index contributed by atoms with van der Waals surface area (Å²) in [6, 6.07) is 13.2. The van der Waals surface area contributed by atoms with Gasteiger partial charge < -0.3 is 15.4 Å². The van der Waals surface area contributed by atoms with Crippen molar-refractivity contribution in [1.29, 1.82) is 0 Å². The van der Waals surface area contributed by atoms with E-state index in [9.17, 15) is 9.59 Å². The number of esters is 1. The van der Waals surface area contributed by atoms with E-state index >= 15 is 0 Å². The minimum Gasteiger partial charge on any atom is -0.463 e. The van der Waals surface area contributed by atoms with Crippen LogP contribution < -0.4 is 10.6 Å². The second-order valence-electron chi connectivity index (χ2n) is 7.06. The van der Waals surface area contributed by atoms with Gasteiger partial charge in [-0.2, -0.15) is 0 Å². The predicted octanol–water partition coefficient (Wildman–Crippen LogP) is 4.58. The Balaban J connectivity index is 2.03. The van der Waals surface area contributed by atoms with Crippen LogP contribution in [0.2, 0.25) is 0 Å².